The van der Waals surface area contributed by atoms with Gasteiger partial charge in [-0.3, -0.25) is 0 Å². The van der Waals surface area contributed by atoms with Crippen LogP contribution in [0, 0.1) is 28.6 Å². The molecule has 0 N–H and O–H groups in total. The van der Waals surface area contributed by atoms with Crippen LogP contribution in [0.5, 0.6) is 11.5 Å². The maximum absolute atomic E-state index is 9.04. The Morgan fingerprint density at radius 2 is 1.75 bits per heavy atom. The molecule has 4 nitrogen and oxygen atoms in total. The summed E-state index contributed by atoms with van der Waals surface area (Å²) in [7, 11) is 0. The third-order valence-electron chi connectivity index (χ3n) is 5.22. The van der Waals surface area contributed by atoms with Gasteiger partial charge < -0.3 is 9.47 Å². The van der Waals surface area contributed by atoms with E-state index in [2.05, 4.69) is 45.6 Å². The Labute approximate surface area is 169 Å². The van der Waals surface area contributed by atoms with Gasteiger partial charge in [-0.25, -0.2) is 0 Å². The first kappa shape index (κ1) is 21.6. The van der Waals surface area contributed by atoms with E-state index in [-0.39, 0.29) is 25.0 Å². The average Bonchev–Trinajstić information content (AvgIpc) is 3.06. The predicted octanol–water partition coefficient (Wildman–Crippen LogP) is 5.85. The van der Waals surface area contributed by atoms with E-state index in [0.29, 0.717) is 11.5 Å². The van der Waals surface area contributed by atoms with Crippen LogP contribution in [0.3, 0.4) is 0 Å². The summed E-state index contributed by atoms with van der Waals surface area (Å²) in [6.45, 7) is 10.5. The number of unbranched alkanes of at least 4 members (excludes halogenated alkanes) is 2. The van der Waals surface area contributed by atoms with E-state index in [1.165, 1.54) is 5.57 Å². The molecule has 0 spiro atoms. The first-order valence-electron chi connectivity index (χ1n) is 10.0. The molecule has 1 aliphatic carbocycles. The first-order valence-corrected chi connectivity index (χ1v) is 10.0. The maximum Gasteiger partial charge on any atom is 0.174 e. The van der Waals surface area contributed by atoms with Gasteiger partial charge in [0.2, 0.25) is 0 Å². The summed E-state index contributed by atoms with van der Waals surface area (Å²) >= 11 is 0. The molecule has 0 aliphatic heterocycles. The van der Waals surface area contributed by atoms with E-state index in [9.17, 15) is 0 Å². The number of benzene rings is 1. The molecule has 0 heterocycles. The zero-order chi connectivity index (χ0) is 20.5. The second-order valence-electron chi connectivity index (χ2n) is 7.55. The second-order valence-corrected chi connectivity index (χ2v) is 7.55. The summed E-state index contributed by atoms with van der Waals surface area (Å²) < 4.78 is 11.7. The summed E-state index contributed by atoms with van der Waals surface area (Å²) in [6, 6.07) is 8.21. The molecule has 1 aromatic rings. The van der Waals surface area contributed by atoms with Crippen LogP contribution in [0.25, 0.3) is 0 Å². The van der Waals surface area contributed by atoms with Gasteiger partial charge in [0.05, 0.1) is 0 Å². The smallest absolute Gasteiger partial charge is 0.174 e. The van der Waals surface area contributed by atoms with Gasteiger partial charge in [0.1, 0.15) is 23.6 Å². The minimum Gasteiger partial charge on any atom is -0.478 e. The van der Waals surface area contributed by atoms with Crippen molar-refractivity contribution < 1.29 is 9.47 Å². The largest absolute Gasteiger partial charge is 0.478 e. The molecule has 0 amide bonds. The SMILES string of the molecule is C=C(C)[C@@H]1CC(C)=C[C@H]1c1c(OCC#N)cc(CCCCC)cc1OCC#N. The molecule has 2 rings (SSSR count). The molecule has 0 bridgehead atoms. The van der Waals surface area contributed by atoms with Crippen molar-refractivity contribution >= 4 is 0 Å². The van der Waals surface area contributed by atoms with Gasteiger partial charge in [-0.1, -0.05) is 43.6 Å². The van der Waals surface area contributed by atoms with Gasteiger partial charge in [-0.2, -0.15) is 10.5 Å². The molecule has 1 aliphatic rings. The molecule has 148 valence electrons. The Balaban J connectivity index is 2.53. The zero-order valence-electron chi connectivity index (χ0n) is 17.3. The molecule has 1 aromatic carbocycles. The van der Waals surface area contributed by atoms with Crippen LogP contribution in [-0.4, -0.2) is 13.2 Å². The molecule has 0 radical (unpaired) electrons. The zero-order valence-corrected chi connectivity index (χ0v) is 17.3. The Morgan fingerprint density at radius 1 is 1.14 bits per heavy atom. The Kier molecular flexibility index (Phi) is 8.15. The minimum absolute atomic E-state index is 0.0176. The van der Waals surface area contributed by atoms with Gasteiger partial charge in [-0.05, 0) is 56.7 Å². The molecule has 0 fully saturated rings. The number of nitrogens with zero attached hydrogens (tertiary/aromatic N) is 2. The van der Waals surface area contributed by atoms with Crippen molar-refractivity contribution in [1.82, 2.24) is 0 Å². The van der Waals surface area contributed by atoms with Crippen LogP contribution < -0.4 is 9.47 Å². The molecule has 4 heteroatoms. The van der Waals surface area contributed by atoms with Gasteiger partial charge in [0.25, 0.3) is 0 Å². The third-order valence-corrected chi connectivity index (χ3v) is 5.22. The lowest BCUT2D eigenvalue weighted by atomic mass is 9.83. The number of allylic oxidation sites excluding steroid dienone is 3. The Bertz CT molecular complexity index is 772. The van der Waals surface area contributed by atoms with Crippen molar-refractivity contribution in [2.24, 2.45) is 5.92 Å². The summed E-state index contributed by atoms with van der Waals surface area (Å²) in [5, 5.41) is 18.1. The van der Waals surface area contributed by atoms with Crippen molar-refractivity contribution in [3.63, 3.8) is 0 Å². The highest BCUT2D eigenvalue weighted by molar-refractivity contribution is 5.54. The quantitative estimate of drug-likeness (QED) is 0.378. The highest BCUT2D eigenvalue weighted by atomic mass is 16.5. The lowest BCUT2D eigenvalue weighted by molar-refractivity contribution is 0.335. The molecular formula is C24H30N2O2. The fourth-order valence-corrected chi connectivity index (χ4v) is 3.90. The molecule has 0 aromatic heterocycles. The van der Waals surface area contributed by atoms with Crippen LogP contribution in [0.2, 0.25) is 0 Å². The standard InChI is InChI=1S/C24H30N2O2/c1-5-6-7-8-19-15-22(27-11-9-25)24(23(16-19)28-12-10-26)21-14-18(4)13-20(21)17(2)3/h14-16,20-21H,2,5-8,11-13H2,1,3-4H3/t20-,21+/m0/s1. The summed E-state index contributed by atoms with van der Waals surface area (Å²) in [5.41, 5.74) is 4.46. The van der Waals surface area contributed by atoms with Crippen molar-refractivity contribution in [2.45, 2.75) is 58.8 Å². The number of hydrogen-bond acceptors (Lipinski definition) is 4. The molecule has 28 heavy (non-hydrogen) atoms. The fourth-order valence-electron chi connectivity index (χ4n) is 3.90. The third kappa shape index (κ3) is 5.40. The summed E-state index contributed by atoms with van der Waals surface area (Å²) in [5.74, 6) is 1.71. The van der Waals surface area contributed by atoms with Gasteiger partial charge in [0.15, 0.2) is 13.2 Å². The molecule has 2 atom stereocenters. The minimum atomic E-state index is -0.0176. The Morgan fingerprint density at radius 3 is 2.25 bits per heavy atom. The van der Waals surface area contributed by atoms with Crippen molar-refractivity contribution in [3.05, 3.63) is 47.1 Å². The highest BCUT2D eigenvalue weighted by Crippen LogP contribution is 2.48. The van der Waals surface area contributed by atoms with E-state index in [4.69, 9.17) is 20.0 Å². The van der Waals surface area contributed by atoms with Gasteiger partial charge in [0, 0.05) is 11.5 Å². The molecule has 0 unspecified atom stereocenters. The van der Waals surface area contributed by atoms with Gasteiger partial charge in [-0.15, -0.1) is 0 Å². The summed E-state index contributed by atoms with van der Waals surface area (Å²) in [4.78, 5) is 0. The molecule has 0 saturated heterocycles. The topological polar surface area (TPSA) is 66.0 Å². The predicted molar refractivity (Wildman–Crippen MR) is 111 cm³/mol. The number of hydrogen-bond donors (Lipinski definition) is 0. The average molecular weight is 379 g/mol. The summed E-state index contributed by atoms with van der Waals surface area (Å²) in [6.07, 6.45) is 7.51. The lowest BCUT2D eigenvalue weighted by Gasteiger charge is -2.25. The van der Waals surface area contributed by atoms with E-state index in [1.54, 1.807) is 0 Å². The number of ether oxygens (including phenoxy) is 2. The van der Waals surface area contributed by atoms with E-state index in [0.717, 1.165) is 48.8 Å². The first-order chi connectivity index (χ1) is 13.5. The van der Waals surface area contributed by atoms with Crippen LogP contribution in [0.15, 0.2) is 35.9 Å². The van der Waals surface area contributed by atoms with Crippen LogP contribution in [-0.2, 0) is 6.42 Å². The Hall–Kier alpha value is -2.72. The number of nitriles is 2. The number of rotatable bonds is 10. The molecular weight excluding hydrogens is 348 g/mol. The van der Waals surface area contributed by atoms with Crippen molar-refractivity contribution in [3.8, 4) is 23.6 Å². The van der Waals surface area contributed by atoms with Crippen LogP contribution in [0.4, 0.5) is 0 Å². The van der Waals surface area contributed by atoms with E-state index < -0.39 is 0 Å². The molecule has 0 saturated carbocycles. The fraction of sp³-hybridized carbons (Fsp3) is 0.500. The van der Waals surface area contributed by atoms with Gasteiger partial charge >= 0.3 is 0 Å². The second kappa shape index (κ2) is 10.6. The van der Waals surface area contributed by atoms with Crippen LogP contribution in [0.1, 0.15) is 63.5 Å². The van der Waals surface area contributed by atoms with Crippen LogP contribution >= 0.6 is 0 Å². The monoisotopic (exact) mass is 378 g/mol. The van der Waals surface area contributed by atoms with Crippen molar-refractivity contribution in [1.29, 1.82) is 10.5 Å². The van der Waals surface area contributed by atoms with E-state index >= 15 is 0 Å². The van der Waals surface area contributed by atoms with Crippen molar-refractivity contribution in [2.75, 3.05) is 13.2 Å². The normalized spacial score (nSPS) is 18.1. The maximum atomic E-state index is 9.04. The number of aryl methyl sites for hydroxylation is 1. The lowest BCUT2D eigenvalue weighted by Crippen LogP contribution is -2.13. The van der Waals surface area contributed by atoms with E-state index in [1.807, 2.05) is 12.1 Å². The highest BCUT2D eigenvalue weighted by Gasteiger charge is 2.33.